The maximum atomic E-state index is 14.2. The number of alkyl carbamates (subject to hydrolysis) is 1. The number of nitrogens with one attached hydrogen (secondary N) is 1. The number of nitrogens with zero attached hydrogens (tertiary/aromatic N) is 3. The predicted octanol–water partition coefficient (Wildman–Crippen LogP) is 5.21. The van der Waals surface area contributed by atoms with Gasteiger partial charge < -0.3 is 15.0 Å². The van der Waals surface area contributed by atoms with Crippen molar-refractivity contribution in [3.05, 3.63) is 131 Å². The maximum absolute atomic E-state index is 14.2. The van der Waals surface area contributed by atoms with Crippen molar-refractivity contribution in [2.75, 3.05) is 19.6 Å². The quantitative estimate of drug-likeness (QED) is 0.253. The number of amides is 2. The molecule has 1 saturated heterocycles. The number of thiophene rings is 1. The molecule has 11 heteroatoms. The number of hydrogen-bond acceptors (Lipinski definition) is 7. The van der Waals surface area contributed by atoms with E-state index in [-0.39, 0.29) is 37.0 Å². The van der Waals surface area contributed by atoms with E-state index < -0.39 is 28.3 Å². The SMILES string of the molecule is O=C(NCc1cccs1)OC1CN(C(=O)C(c2ccccc2)c2ccccc2)CCN1S(=O)(=O)c1cccc2cccnc12. The van der Waals surface area contributed by atoms with Gasteiger partial charge in [0, 0.05) is 29.5 Å². The van der Waals surface area contributed by atoms with Gasteiger partial charge in [-0.05, 0) is 34.7 Å². The highest BCUT2D eigenvalue weighted by atomic mass is 32.2. The average Bonchev–Trinajstić information content (AvgIpc) is 3.58. The Kier molecular flexibility index (Phi) is 8.69. The molecule has 1 fully saturated rings. The van der Waals surface area contributed by atoms with Gasteiger partial charge in [0.2, 0.25) is 15.9 Å². The summed E-state index contributed by atoms with van der Waals surface area (Å²) in [5.41, 5.74) is 1.95. The van der Waals surface area contributed by atoms with Crippen LogP contribution < -0.4 is 5.32 Å². The van der Waals surface area contributed by atoms with E-state index in [2.05, 4.69) is 10.3 Å². The zero-order valence-electron chi connectivity index (χ0n) is 23.7. The molecule has 224 valence electrons. The Hall–Kier alpha value is -4.58. The second-order valence-corrected chi connectivity index (χ2v) is 13.2. The van der Waals surface area contributed by atoms with E-state index in [0.29, 0.717) is 10.9 Å². The average molecular weight is 627 g/mol. The van der Waals surface area contributed by atoms with Gasteiger partial charge in [0.15, 0.2) is 6.23 Å². The van der Waals surface area contributed by atoms with Gasteiger partial charge >= 0.3 is 6.09 Å². The first-order valence-electron chi connectivity index (χ1n) is 14.1. The molecule has 9 nitrogen and oxygen atoms in total. The summed E-state index contributed by atoms with van der Waals surface area (Å²) in [4.78, 5) is 34.1. The van der Waals surface area contributed by atoms with Gasteiger partial charge in [0.25, 0.3) is 0 Å². The second kappa shape index (κ2) is 13.0. The fourth-order valence-electron chi connectivity index (χ4n) is 5.40. The third-order valence-corrected chi connectivity index (χ3v) is 10.3. The van der Waals surface area contributed by atoms with Crippen molar-refractivity contribution in [2.24, 2.45) is 0 Å². The normalized spacial score (nSPS) is 15.8. The molecule has 2 amide bonds. The molecule has 6 rings (SSSR count). The van der Waals surface area contributed by atoms with Crippen LogP contribution >= 0.6 is 11.3 Å². The summed E-state index contributed by atoms with van der Waals surface area (Å²) < 4.78 is 35.3. The molecular weight excluding hydrogens is 597 g/mol. The van der Waals surface area contributed by atoms with Crippen molar-refractivity contribution in [2.45, 2.75) is 23.6 Å². The largest absolute Gasteiger partial charge is 0.427 e. The molecule has 0 saturated carbocycles. The number of aromatic nitrogens is 1. The van der Waals surface area contributed by atoms with Crippen LogP contribution in [-0.2, 0) is 26.1 Å². The van der Waals surface area contributed by atoms with Crippen LogP contribution in [0, 0.1) is 0 Å². The van der Waals surface area contributed by atoms with Gasteiger partial charge in [-0.3, -0.25) is 9.78 Å². The van der Waals surface area contributed by atoms with Gasteiger partial charge in [-0.2, -0.15) is 4.31 Å². The summed E-state index contributed by atoms with van der Waals surface area (Å²) in [5.74, 6) is -0.824. The molecule has 3 aromatic carbocycles. The van der Waals surface area contributed by atoms with E-state index in [9.17, 15) is 18.0 Å². The number of carbonyl (C=O) groups is 2. The molecule has 5 aromatic rings. The van der Waals surface area contributed by atoms with Crippen LogP contribution in [0.15, 0.2) is 120 Å². The predicted molar refractivity (Wildman–Crippen MR) is 168 cm³/mol. The van der Waals surface area contributed by atoms with E-state index in [1.165, 1.54) is 23.6 Å². The number of pyridine rings is 1. The minimum absolute atomic E-state index is 0.00872. The molecule has 1 aliphatic heterocycles. The van der Waals surface area contributed by atoms with E-state index in [1.54, 1.807) is 29.2 Å². The van der Waals surface area contributed by atoms with E-state index in [4.69, 9.17) is 4.74 Å². The summed E-state index contributed by atoms with van der Waals surface area (Å²) in [6.45, 7) is 0.133. The van der Waals surface area contributed by atoms with Gasteiger partial charge in [0.1, 0.15) is 4.90 Å². The van der Waals surface area contributed by atoms with Crippen molar-refractivity contribution in [1.82, 2.24) is 19.5 Å². The minimum Gasteiger partial charge on any atom is -0.427 e. The summed E-state index contributed by atoms with van der Waals surface area (Å²) in [6, 6.07) is 31.1. The van der Waals surface area contributed by atoms with Crippen molar-refractivity contribution < 1.29 is 22.7 Å². The maximum Gasteiger partial charge on any atom is 0.409 e. The lowest BCUT2D eigenvalue weighted by Gasteiger charge is -2.40. The van der Waals surface area contributed by atoms with Crippen LogP contribution in [0.4, 0.5) is 4.79 Å². The number of benzene rings is 3. The molecule has 0 radical (unpaired) electrons. The van der Waals surface area contributed by atoms with Gasteiger partial charge in [-0.25, -0.2) is 13.2 Å². The van der Waals surface area contributed by atoms with Crippen molar-refractivity contribution >= 4 is 44.3 Å². The second-order valence-electron chi connectivity index (χ2n) is 10.3. The molecule has 1 unspecified atom stereocenters. The van der Waals surface area contributed by atoms with Crippen molar-refractivity contribution in [1.29, 1.82) is 0 Å². The monoisotopic (exact) mass is 626 g/mol. The number of ether oxygens (including phenoxy) is 1. The first kappa shape index (κ1) is 29.5. The lowest BCUT2D eigenvalue weighted by atomic mass is 9.90. The molecule has 0 bridgehead atoms. The Balaban J connectivity index is 1.31. The van der Waals surface area contributed by atoms with Crippen LogP contribution in [0.25, 0.3) is 10.9 Å². The van der Waals surface area contributed by atoms with Crippen LogP contribution in [-0.4, -0.2) is 60.5 Å². The third-order valence-electron chi connectivity index (χ3n) is 7.52. The van der Waals surface area contributed by atoms with E-state index in [0.717, 1.165) is 20.3 Å². The highest BCUT2D eigenvalue weighted by Crippen LogP contribution is 2.31. The first-order chi connectivity index (χ1) is 21.4. The van der Waals surface area contributed by atoms with E-state index >= 15 is 0 Å². The fraction of sp³-hybridized carbons (Fsp3) is 0.182. The zero-order chi connectivity index (χ0) is 30.5. The van der Waals surface area contributed by atoms with Crippen LogP contribution in [0.5, 0.6) is 0 Å². The Morgan fingerprint density at radius 3 is 2.27 bits per heavy atom. The molecule has 1 atom stereocenters. The van der Waals surface area contributed by atoms with Crippen LogP contribution in [0.1, 0.15) is 21.9 Å². The number of rotatable bonds is 8. The standard InChI is InChI=1S/C33H30N4O5S2/c38-32(30(24-10-3-1-4-11-24)25-12-5-2-6-13-25)36-19-20-37(29(23-36)42-33(39)35-22-27-16-9-21-43-27)44(40,41)28-17-7-14-26-15-8-18-34-31(26)28/h1-18,21,29-30H,19-20,22-23H2,(H,35,39). The Bertz CT molecular complexity index is 1810. The van der Waals surface area contributed by atoms with Crippen molar-refractivity contribution in [3.8, 4) is 0 Å². The Morgan fingerprint density at radius 2 is 1.59 bits per heavy atom. The Labute approximate surface area is 259 Å². The number of piperazine rings is 1. The number of para-hydroxylation sites is 1. The molecule has 1 aliphatic rings. The summed E-state index contributed by atoms with van der Waals surface area (Å²) in [5, 5.41) is 5.27. The third kappa shape index (κ3) is 6.21. The van der Waals surface area contributed by atoms with Crippen LogP contribution in [0.2, 0.25) is 0 Å². The smallest absolute Gasteiger partial charge is 0.409 e. The Morgan fingerprint density at radius 1 is 0.886 bits per heavy atom. The number of carbonyl (C=O) groups excluding carboxylic acids is 2. The van der Waals surface area contributed by atoms with Gasteiger partial charge in [-0.15, -0.1) is 11.3 Å². The van der Waals surface area contributed by atoms with Gasteiger partial charge in [0.05, 0.1) is 24.5 Å². The molecular formula is C33H30N4O5S2. The minimum atomic E-state index is -4.19. The topological polar surface area (TPSA) is 109 Å². The lowest BCUT2D eigenvalue weighted by molar-refractivity contribution is -0.137. The summed E-state index contributed by atoms with van der Waals surface area (Å²) >= 11 is 1.48. The number of sulfonamides is 1. The highest BCUT2D eigenvalue weighted by Gasteiger charge is 2.42. The lowest BCUT2D eigenvalue weighted by Crippen LogP contribution is -2.59. The summed E-state index contributed by atoms with van der Waals surface area (Å²) in [6.07, 6.45) is -0.513. The molecule has 2 aromatic heterocycles. The fourth-order valence-corrected chi connectivity index (χ4v) is 7.71. The van der Waals surface area contributed by atoms with Crippen LogP contribution in [0.3, 0.4) is 0 Å². The number of fused-ring (bicyclic) bond motifs is 1. The highest BCUT2D eigenvalue weighted by molar-refractivity contribution is 7.89. The zero-order valence-corrected chi connectivity index (χ0v) is 25.3. The first-order valence-corrected chi connectivity index (χ1v) is 16.4. The molecule has 0 spiro atoms. The van der Waals surface area contributed by atoms with Gasteiger partial charge in [-0.1, -0.05) is 84.9 Å². The van der Waals surface area contributed by atoms with E-state index in [1.807, 2.05) is 78.2 Å². The summed E-state index contributed by atoms with van der Waals surface area (Å²) in [7, 11) is -4.19. The molecule has 1 N–H and O–H groups in total. The number of hydrogen-bond donors (Lipinski definition) is 1. The van der Waals surface area contributed by atoms with Crippen molar-refractivity contribution in [3.63, 3.8) is 0 Å². The molecule has 3 heterocycles. The molecule has 0 aliphatic carbocycles. The molecule has 44 heavy (non-hydrogen) atoms.